The highest BCUT2D eigenvalue weighted by Gasteiger charge is 2.15. The fraction of sp³-hybridized carbons (Fsp3) is 0.467. The minimum absolute atomic E-state index is 0.249. The standard InChI is InChI=1S/C15H21ClN4/c1-4-13-15(16)14(20(5-2)19-13)10-18-11(3)12-6-8-17-9-7-12/h6-9,11,18H,4-5,10H2,1-3H3. The SMILES string of the molecule is CCc1nn(CC)c(CNC(C)c2ccncc2)c1Cl. The lowest BCUT2D eigenvalue weighted by Gasteiger charge is -2.14. The summed E-state index contributed by atoms with van der Waals surface area (Å²) in [5, 5.41) is 8.82. The quantitative estimate of drug-likeness (QED) is 0.888. The molecule has 0 saturated carbocycles. The molecule has 1 unspecified atom stereocenters. The van der Waals surface area contributed by atoms with Crippen LogP contribution in [0.25, 0.3) is 0 Å². The van der Waals surface area contributed by atoms with E-state index < -0.39 is 0 Å². The van der Waals surface area contributed by atoms with Crippen LogP contribution in [-0.2, 0) is 19.5 Å². The Morgan fingerprint density at radius 1 is 1.30 bits per heavy atom. The number of aromatic nitrogens is 3. The van der Waals surface area contributed by atoms with Gasteiger partial charge < -0.3 is 5.32 Å². The fourth-order valence-electron chi connectivity index (χ4n) is 2.21. The van der Waals surface area contributed by atoms with Gasteiger partial charge in [0.25, 0.3) is 0 Å². The van der Waals surface area contributed by atoms with E-state index in [0.717, 1.165) is 29.4 Å². The van der Waals surface area contributed by atoms with Crippen LogP contribution in [0.4, 0.5) is 0 Å². The predicted molar refractivity (Wildman–Crippen MR) is 81.8 cm³/mol. The zero-order valence-corrected chi connectivity index (χ0v) is 13.0. The zero-order valence-electron chi connectivity index (χ0n) is 12.2. The summed E-state index contributed by atoms with van der Waals surface area (Å²) in [4.78, 5) is 4.04. The lowest BCUT2D eigenvalue weighted by Crippen LogP contribution is -2.20. The molecular formula is C15H21ClN4. The summed E-state index contributed by atoms with van der Waals surface area (Å²) in [6.07, 6.45) is 4.48. The average molecular weight is 293 g/mol. The Kier molecular flexibility index (Phi) is 5.15. The van der Waals surface area contributed by atoms with E-state index in [4.69, 9.17) is 11.6 Å². The third kappa shape index (κ3) is 3.19. The van der Waals surface area contributed by atoms with Gasteiger partial charge in [-0.25, -0.2) is 0 Å². The van der Waals surface area contributed by atoms with Crippen molar-refractivity contribution in [2.75, 3.05) is 0 Å². The highest BCUT2D eigenvalue weighted by atomic mass is 35.5. The Hall–Kier alpha value is -1.39. The number of nitrogens with one attached hydrogen (secondary N) is 1. The molecule has 108 valence electrons. The van der Waals surface area contributed by atoms with Gasteiger partial charge in [-0.2, -0.15) is 5.10 Å². The normalized spacial score (nSPS) is 12.6. The zero-order chi connectivity index (χ0) is 14.5. The Balaban J connectivity index is 2.09. The van der Waals surface area contributed by atoms with Crippen molar-refractivity contribution in [2.45, 2.75) is 46.3 Å². The lowest BCUT2D eigenvalue weighted by atomic mass is 10.1. The second kappa shape index (κ2) is 6.86. The summed E-state index contributed by atoms with van der Waals surface area (Å²) < 4.78 is 1.98. The molecule has 1 N–H and O–H groups in total. The Labute approximate surface area is 125 Å². The third-order valence-electron chi connectivity index (χ3n) is 3.48. The summed E-state index contributed by atoms with van der Waals surface area (Å²) in [5.74, 6) is 0. The predicted octanol–water partition coefficient (Wildman–Crippen LogP) is 3.36. The molecule has 0 aliphatic heterocycles. The van der Waals surface area contributed by atoms with Crippen molar-refractivity contribution in [3.63, 3.8) is 0 Å². The molecular weight excluding hydrogens is 272 g/mol. The first-order valence-electron chi connectivity index (χ1n) is 7.04. The average Bonchev–Trinajstić information content (AvgIpc) is 2.81. The number of aryl methyl sites for hydroxylation is 2. The lowest BCUT2D eigenvalue weighted by molar-refractivity contribution is 0.530. The second-order valence-corrected chi connectivity index (χ2v) is 5.14. The molecule has 2 heterocycles. The molecule has 2 aromatic rings. The molecule has 0 amide bonds. The molecule has 0 aliphatic rings. The molecule has 0 radical (unpaired) electrons. The maximum absolute atomic E-state index is 6.40. The van der Waals surface area contributed by atoms with Gasteiger partial charge in [-0.1, -0.05) is 18.5 Å². The summed E-state index contributed by atoms with van der Waals surface area (Å²) in [7, 11) is 0. The largest absolute Gasteiger partial charge is 0.305 e. The number of hydrogen-bond donors (Lipinski definition) is 1. The molecule has 0 aromatic carbocycles. The van der Waals surface area contributed by atoms with Gasteiger partial charge in [0.1, 0.15) is 0 Å². The molecule has 0 spiro atoms. The van der Waals surface area contributed by atoms with Gasteiger partial charge in [-0.05, 0) is 38.0 Å². The van der Waals surface area contributed by atoms with Crippen molar-refractivity contribution in [1.29, 1.82) is 0 Å². The van der Waals surface area contributed by atoms with Gasteiger partial charge in [0.2, 0.25) is 0 Å². The van der Waals surface area contributed by atoms with Gasteiger partial charge >= 0.3 is 0 Å². The van der Waals surface area contributed by atoms with Crippen molar-refractivity contribution in [3.8, 4) is 0 Å². The van der Waals surface area contributed by atoms with Crippen molar-refractivity contribution in [2.24, 2.45) is 0 Å². The molecule has 2 aromatic heterocycles. The molecule has 0 saturated heterocycles. The van der Waals surface area contributed by atoms with Crippen LogP contribution in [0.2, 0.25) is 5.02 Å². The topological polar surface area (TPSA) is 42.7 Å². The van der Waals surface area contributed by atoms with E-state index in [2.05, 4.69) is 36.2 Å². The first kappa shape index (κ1) is 15.0. The maximum atomic E-state index is 6.40. The first-order chi connectivity index (χ1) is 9.67. The van der Waals surface area contributed by atoms with E-state index in [-0.39, 0.29) is 6.04 Å². The van der Waals surface area contributed by atoms with E-state index in [1.54, 1.807) is 0 Å². The van der Waals surface area contributed by atoms with Crippen molar-refractivity contribution in [1.82, 2.24) is 20.1 Å². The first-order valence-corrected chi connectivity index (χ1v) is 7.42. The molecule has 0 fully saturated rings. The van der Waals surface area contributed by atoms with E-state index in [1.165, 1.54) is 5.56 Å². The van der Waals surface area contributed by atoms with Crippen LogP contribution < -0.4 is 5.32 Å². The summed E-state index contributed by atoms with van der Waals surface area (Å²) >= 11 is 6.40. The van der Waals surface area contributed by atoms with Crippen LogP contribution in [0.1, 0.15) is 43.8 Å². The molecule has 5 heteroatoms. The van der Waals surface area contributed by atoms with Crippen LogP contribution in [0.5, 0.6) is 0 Å². The minimum atomic E-state index is 0.249. The highest BCUT2D eigenvalue weighted by Crippen LogP contribution is 2.22. The van der Waals surface area contributed by atoms with E-state index in [0.29, 0.717) is 6.54 Å². The number of rotatable bonds is 6. The van der Waals surface area contributed by atoms with Crippen molar-refractivity contribution < 1.29 is 0 Å². The second-order valence-electron chi connectivity index (χ2n) is 4.76. The monoisotopic (exact) mass is 292 g/mol. The van der Waals surface area contributed by atoms with Gasteiger partial charge in [0.05, 0.1) is 16.4 Å². The van der Waals surface area contributed by atoms with Crippen LogP contribution in [0.15, 0.2) is 24.5 Å². The van der Waals surface area contributed by atoms with E-state index in [1.807, 2.05) is 29.2 Å². The van der Waals surface area contributed by atoms with Gasteiger partial charge in [-0.3, -0.25) is 9.67 Å². The molecule has 0 bridgehead atoms. The van der Waals surface area contributed by atoms with Crippen LogP contribution in [-0.4, -0.2) is 14.8 Å². The van der Waals surface area contributed by atoms with Crippen LogP contribution in [0.3, 0.4) is 0 Å². The molecule has 1 atom stereocenters. The van der Waals surface area contributed by atoms with E-state index >= 15 is 0 Å². The maximum Gasteiger partial charge on any atom is 0.0863 e. The number of hydrogen-bond acceptors (Lipinski definition) is 3. The van der Waals surface area contributed by atoms with Gasteiger partial charge in [-0.15, -0.1) is 0 Å². The molecule has 0 aliphatic carbocycles. The summed E-state index contributed by atoms with van der Waals surface area (Å²) in [5.41, 5.74) is 3.25. The number of halogens is 1. The summed E-state index contributed by atoms with van der Waals surface area (Å²) in [6.45, 7) is 7.84. The third-order valence-corrected chi connectivity index (χ3v) is 3.91. The molecule has 2 rings (SSSR count). The molecule has 20 heavy (non-hydrogen) atoms. The Morgan fingerprint density at radius 3 is 2.60 bits per heavy atom. The fourth-order valence-corrected chi connectivity index (χ4v) is 2.54. The van der Waals surface area contributed by atoms with Crippen molar-refractivity contribution in [3.05, 3.63) is 46.5 Å². The number of nitrogens with zero attached hydrogens (tertiary/aromatic N) is 3. The van der Waals surface area contributed by atoms with Crippen LogP contribution in [0, 0.1) is 0 Å². The van der Waals surface area contributed by atoms with Crippen LogP contribution >= 0.6 is 11.6 Å². The highest BCUT2D eigenvalue weighted by molar-refractivity contribution is 6.31. The summed E-state index contributed by atoms with van der Waals surface area (Å²) in [6, 6.07) is 4.29. The van der Waals surface area contributed by atoms with E-state index in [9.17, 15) is 0 Å². The van der Waals surface area contributed by atoms with Crippen molar-refractivity contribution >= 4 is 11.6 Å². The minimum Gasteiger partial charge on any atom is -0.305 e. The molecule has 4 nitrogen and oxygen atoms in total. The Morgan fingerprint density at radius 2 is 2.00 bits per heavy atom. The van der Waals surface area contributed by atoms with Gasteiger partial charge in [0, 0.05) is 31.5 Å². The number of pyridine rings is 1. The Bertz CT molecular complexity index is 551. The van der Waals surface area contributed by atoms with Gasteiger partial charge in [0.15, 0.2) is 0 Å². The smallest absolute Gasteiger partial charge is 0.0863 e.